The average Bonchev–Trinajstić information content (AvgIpc) is 1.63. The van der Waals surface area contributed by atoms with Crippen LogP contribution in [0.1, 0.15) is 145 Å². The molecule has 6 fully saturated rings. The summed E-state index contributed by atoms with van der Waals surface area (Å²) in [6, 6.07) is 18.7. The smallest absolute Gasteiger partial charge is 0.324 e. The van der Waals surface area contributed by atoms with Gasteiger partial charge in [0.15, 0.2) is 0 Å². The number of anilines is 2. The minimum absolute atomic E-state index is 0. The number of likely N-dealkylation sites (tertiary alicyclic amines) is 1. The Hall–Kier alpha value is -7.85. The number of halogens is 1. The maximum atomic E-state index is 13.4. The number of nitrogens with zero attached hydrogens (tertiary/aromatic N) is 9. The van der Waals surface area contributed by atoms with E-state index in [1.165, 1.54) is 0 Å². The van der Waals surface area contributed by atoms with Crippen molar-refractivity contribution in [2.75, 3.05) is 64.2 Å². The molecule has 0 radical (unpaired) electrons. The Bertz CT molecular complexity index is 3680. The lowest BCUT2D eigenvalue weighted by atomic mass is 9.74. The molecule has 6 aliphatic heterocycles. The lowest BCUT2D eigenvalue weighted by Crippen LogP contribution is -2.62. The van der Waals surface area contributed by atoms with Gasteiger partial charge in [-0.25, -0.2) is 0 Å². The lowest BCUT2D eigenvalue weighted by Gasteiger charge is -2.49. The minimum atomic E-state index is -0.696. The van der Waals surface area contributed by atoms with Crippen LogP contribution < -0.4 is 25.8 Å². The van der Waals surface area contributed by atoms with Crippen LogP contribution in [0.25, 0.3) is 21.5 Å². The summed E-state index contributed by atoms with van der Waals surface area (Å²) >= 11 is 0. The van der Waals surface area contributed by atoms with Gasteiger partial charge in [0.2, 0.25) is 29.5 Å². The van der Waals surface area contributed by atoms with Crippen molar-refractivity contribution in [2.45, 2.75) is 138 Å². The highest BCUT2D eigenvalue weighted by Crippen LogP contribution is 2.44. The van der Waals surface area contributed by atoms with E-state index in [0.717, 1.165) is 152 Å². The van der Waals surface area contributed by atoms with E-state index in [4.69, 9.17) is 10.2 Å². The predicted octanol–water partition coefficient (Wildman–Crippen LogP) is 6.33. The van der Waals surface area contributed by atoms with E-state index >= 15 is 0 Å². The van der Waals surface area contributed by atoms with Crippen LogP contribution >= 0.6 is 12.4 Å². The van der Waals surface area contributed by atoms with Gasteiger partial charge in [-0.05, 0) is 176 Å². The molecule has 2 aromatic heterocycles. The number of likely N-dealkylation sites (N-methyl/N-ethyl adjacent to an activating group) is 2. The van der Waals surface area contributed by atoms with Gasteiger partial charge in [-0.2, -0.15) is 10.2 Å². The second kappa shape index (κ2) is 24.1. The molecule has 8 aliphatic rings. The lowest BCUT2D eigenvalue weighted by molar-refractivity contribution is -0.155. The SMILES string of the molecule is CN(C)C1(C(=O)N2CCC(n3cc(Cc4ccc5c6c(cccc46)C(=O)N5C4CCC(=O)NC4=O)cn3)CC2)CCC1.CN(C)C1(C(=O)O)CCC1.Cl.O=C1CCC(N2C(=O)c3cccc4c(Cc5cnn(C6CCNCC6)c5)ccc2c34)C(=O)N1. The van der Waals surface area contributed by atoms with E-state index in [2.05, 4.69) is 47.7 Å². The maximum Gasteiger partial charge on any atom is 0.324 e. The number of hydrogen-bond acceptors (Lipinski definition) is 13. The molecule has 2 saturated carbocycles. The molecule has 0 bridgehead atoms. The number of aromatic nitrogens is 4. The standard InChI is InChI=1S/C32H36N6O4.C25H25N5O3.C7H13NO2.ClH/c1-35(2)32(13-4-14-32)31(42)36-15-11-22(12-16-36)37-19-20(18-33-37)17-21-7-8-25-28-23(21)5-3-6-24(28)30(41)38(25)26-9-10-27(39)34-29(26)40;31-22-7-6-21(24(32)28-22)30-20-5-4-16(18-2-1-3-19(23(18)20)25(30)33)12-15-13-27-29(14-15)17-8-10-26-11-9-17;1-8(2)7(6(9)10)4-3-5-7;/h3,5-8,18-19,22,26H,4,9-17H2,1-2H3,(H,34,39,40);1-5,13-14,17,21,26H,6-12H2,(H,28,31,32);3-5H2,1-2H3,(H,9,10);1H. The van der Waals surface area contributed by atoms with E-state index in [9.17, 15) is 38.4 Å². The van der Waals surface area contributed by atoms with E-state index in [1.54, 1.807) is 14.7 Å². The van der Waals surface area contributed by atoms with Crippen LogP contribution in [0.2, 0.25) is 0 Å². The summed E-state index contributed by atoms with van der Waals surface area (Å²) in [5.74, 6) is -2.20. The molecule has 4 saturated heterocycles. The van der Waals surface area contributed by atoms with Crippen molar-refractivity contribution in [3.05, 3.63) is 119 Å². The normalized spacial score (nSPS) is 21.5. The molecule has 2 unspecified atom stereocenters. The monoisotopic (exact) mass is 1190 g/mol. The molecule has 21 nitrogen and oxygen atoms in total. The zero-order valence-corrected chi connectivity index (χ0v) is 50.0. The summed E-state index contributed by atoms with van der Waals surface area (Å²) in [5, 5.41) is 30.0. The minimum Gasteiger partial charge on any atom is -0.480 e. The van der Waals surface area contributed by atoms with Gasteiger partial charge in [0.1, 0.15) is 23.2 Å². The molecule has 6 aromatic rings. The van der Waals surface area contributed by atoms with Crippen molar-refractivity contribution in [1.29, 1.82) is 0 Å². The molecular weight excluding hydrogens is 1120 g/mol. The number of amides is 7. The quantitative estimate of drug-likeness (QED) is 0.0979. The molecule has 22 heteroatoms. The summed E-state index contributed by atoms with van der Waals surface area (Å²) < 4.78 is 4.14. The fourth-order valence-electron chi connectivity index (χ4n) is 14.1. The van der Waals surface area contributed by atoms with Crippen LogP contribution in [-0.4, -0.2) is 164 Å². The Kier molecular flexibility index (Phi) is 16.8. The van der Waals surface area contributed by atoms with Crippen LogP contribution in [-0.2, 0) is 41.6 Å². The van der Waals surface area contributed by atoms with Crippen LogP contribution in [0.15, 0.2) is 85.5 Å². The highest BCUT2D eigenvalue weighted by atomic mass is 35.5. The van der Waals surface area contributed by atoms with Gasteiger partial charge >= 0.3 is 5.97 Å². The topological polar surface area (TPSA) is 245 Å². The molecule has 8 heterocycles. The zero-order chi connectivity index (χ0) is 59.5. The van der Waals surface area contributed by atoms with Crippen molar-refractivity contribution in [2.24, 2.45) is 0 Å². The Morgan fingerprint density at radius 3 is 1.42 bits per heavy atom. The summed E-state index contributed by atoms with van der Waals surface area (Å²) in [7, 11) is 7.69. The molecule has 14 rings (SSSR count). The Labute approximate surface area is 505 Å². The third kappa shape index (κ3) is 10.7. The first-order chi connectivity index (χ1) is 41.0. The van der Waals surface area contributed by atoms with Gasteiger partial charge in [0.25, 0.3) is 11.8 Å². The van der Waals surface area contributed by atoms with Gasteiger partial charge in [0.05, 0.1) is 35.9 Å². The summed E-state index contributed by atoms with van der Waals surface area (Å²) in [6.07, 6.45) is 20.2. The Morgan fingerprint density at radius 2 is 1.03 bits per heavy atom. The number of carboxylic acid groups (broad SMARTS) is 1. The van der Waals surface area contributed by atoms with Crippen LogP contribution in [0.4, 0.5) is 11.4 Å². The number of aliphatic carboxylic acids is 1. The number of rotatable bonds is 12. The van der Waals surface area contributed by atoms with Crippen molar-refractivity contribution < 1.29 is 43.5 Å². The summed E-state index contributed by atoms with van der Waals surface area (Å²) in [4.78, 5) is 108. The summed E-state index contributed by atoms with van der Waals surface area (Å²) in [5.41, 5.74) is 6.26. The molecule has 4 N–H and O–H groups in total. The number of nitrogens with one attached hydrogen (secondary N) is 3. The Balaban J connectivity index is 0.000000155. The molecule has 0 spiro atoms. The van der Waals surface area contributed by atoms with Crippen molar-refractivity contribution >= 4 is 92.6 Å². The van der Waals surface area contributed by atoms with E-state index in [-0.39, 0.29) is 66.4 Å². The number of imide groups is 2. The first-order valence-corrected chi connectivity index (χ1v) is 30.0. The zero-order valence-electron chi connectivity index (χ0n) is 49.2. The first-order valence-electron chi connectivity index (χ1n) is 30.0. The third-order valence-corrected chi connectivity index (χ3v) is 19.5. The second-order valence-electron chi connectivity index (χ2n) is 24.6. The van der Waals surface area contributed by atoms with E-state index < -0.39 is 35.4 Å². The van der Waals surface area contributed by atoms with E-state index in [0.29, 0.717) is 36.4 Å². The molecule has 86 heavy (non-hydrogen) atoms. The number of benzene rings is 4. The fraction of sp³-hybridized carbons (Fsp3) is 0.469. The van der Waals surface area contributed by atoms with Crippen molar-refractivity contribution in [3.8, 4) is 0 Å². The molecule has 452 valence electrons. The van der Waals surface area contributed by atoms with Crippen LogP contribution in [0, 0.1) is 0 Å². The van der Waals surface area contributed by atoms with Gasteiger partial charge in [0, 0.05) is 73.1 Å². The predicted molar refractivity (Wildman–Crippen MR) is 325 cm³/mol. The number of carboxylic acids is 1. The maximum absolute atomic E-state index is 13.4. The van der Waals surface area contributed by atoms with E-state index in [1.807, 2.05) is 106 Å². The third-order valence-electron chi connectivity index (χ3n) is 19.5. The number of carbonyl (C=O) groups excluding carboxylic acids is 7. The van der Waals surface area contributed by atoms with Gasteiger partial charge in [-0.15, -0.1) is 12.4 Å². The van der Waals surface area contributed by atoms with Crippen LogP contribution in [0.5, 0.6) is 0 Å². The largest absolute Gasteiger partial charge is 0.480 e. The van der Waals surface area contributed by atoms with Crippen LogP contribution in [0.3, 0.4) is 0 Å². The van der Waals surface area contributed by atoms with Gasteiger partial charge in [-0.3, -0.25) is 78.0 Å². The van der Waals surface area contributed by atoms with Crippen molar-refractivity contribution in [1.82, 2.24) is 50.2 Å². The molecule has 7 amide bonds. The molecule has 2 aliphatic carbocycles. The highest BCUT2D eigenvalue weighted by Gasteiger charge is 2.49. The Morgan fingerprint density at radius 1 is 0.593 bits per heavy atom. The number of piperidine rings is 4. The molecule has 2 atom stereocenters. The number of carbonyl (C=O) groups is 8. The first kappa shape index (κ1) is 59.9. The second-order valence-corrected chi connectivity index (χ2v) is 24.6. The van der Waals surface area contributed by atoms with Gasteiger partial charge in [-0.1, -0.05) is 36.4 Å². The molecule has 4 aromatic carbocycles. The fourth-order valence-corrected chi connectivity index (χ4v) is 14.1. The average molecular weight is 1190 g/mol. The number of hydrogen-bond donors (Lipinski definition) is 4. The van der Waals surface area contributed by atoms with Crippen molar-refractivity contribution in [3.63, 3.8) is 0 Å². The molecular formula is C64H75ClN12O9. The highest BCUT2D eigenvalue weighted by molar-refractivity contribution is 6.28. The van der Waals surface area contributed by atoms with Gasteiger partial charge < -0.3 is 15.3 Å². The summed E-state index contributed by atoms with van der Waals surface area (Å²) in [6.45, 7) is 3.54.